The zero-order valence-corrected chi connectivity index (χ0v) is 15.9. The summed E-state index contributed by atoms with van der Waals surface area (Å²) in [5.74, 6) is -0.343. The Morgan fingerprint density at radius 1 is 1.15 bits per heavy atom. The predicted molar refractivity (Wildman–Crippen MR) is 98.0 cm³/mol. The average molecular weight is 378 g/mol. The Morgan fingerprint density at radius 2 is 1.93 bits per heavy atom. The fourth-order valence-electron chi connectivity index (χ4n) is 4.63. The summed E-state index contributed by atoms with van der Waals surface area (Å²) in [5.41, 5.74) is 0.764. The van der Waals surface area contributed by atoms with E-state index in [4.69, 9.17) is 4.74 Å². The molecule has 27 heavy (non-hydrogen) atoms. The van der Waals surface area contributed by atoms with Gasteiger partial charge >= 0.3 is 0 Å². The summed E-state index contributed by atoms with van der Waals surface area (Å²) in [6, 6.07) is 4.07. The highest BCUT2D eigenvalue weighted by Gasteiger charge is 2.43. The molecule has 0 unspecified atom stereocenters. The molecule has 1 aromatic rings. The van der Waals surface area contributed by atoms with Gasteiger partial charge in [0.15, 0.2) is 11.6 Å². The van der Waals surface area contributed by atoms with E-state index in [1.54, 1.807) is 6.07 Å². The van der Waals surface area contributed by atoms with Crippen molar-refractivity contribution >= 4 is 5.91 Å². The van der Waals surface area contributed by atoms with Gasteiger partial charge in [0.05, 0.1) is 6.10 Å². The van der Waals surface area contributed by atoms with Gasteiger partial charge in [0, 0.05) is 26.2 Å². The Hall–Kier alpha value is -1.53. The minimum absolute atomic E-state index is 0.0571. The standard InChI is InChI=1S/C21H28F2N2O2/c1-14-4-8-25(9-5-14)21(26)19-11-16-6-7-24(13-20(16)27-19)12-15-2-3-17(22)18(23)10-15/h2-3,10,14,16,19-20H,4-9,11-13H2,1H3/t16-,19-,20+/m0/s1. The molecule has 0 bridgehead atoms. The van der Waals surface area contributed by atoms with Gasteiger partial charge in [-0.25, -0.2) is 8.78 Å². The highest BCUT2D eigenvalue weighted by atomic mass is 19.2. The van der Waals surface area contributed by atoms with Crippen LogP contribution in [-0.4, -0.2) is 54.1 Å². The Kier molecular flexibility index (Phi) is 5.46. The summed E-state index contributed by atoms with van der Waals surface area (Å²) < 4.78 is 32.7. The first-order valence-corrected chi connectivity index (χ1v) is 10.1. The lowest BCUT2D eigenvalue weighted by Gasteiger charge is -2.34. The summed E-state index contributed by atoms with van der Waals surface area (Å²) in [6.45, 7) is 6.14. The van der Waals surface area contributed by atoms with Crippen LogP contribution in [0.5, 0.6) is 0 Å². The van der Waals surface area contributed by atoms with E-state index in [2.05, 4.69) is 11.8 Å². The molecular weight excluding hydrogens is 350 g/mol. The number of carbonyl (C=O) groups is 1. The van der Waals surface area contributed by atoms with Crippen molar-refractivity contribution in [1.82, 2.24) is 9.80 Å². The molecule has 3 atom stereocenters. The Labute approximate surface area is 159 Å². The third kappa shape index (κ3) is 4.16. The highest BCUT2D eigenvalue weighted by Crippen LogP contribution is 2.35. The van der Waals surface area contributed by atoms with Crippen molar-refractivity contribution in [2.45, 2.75) is 51.4 Å². The van der Waals surface area contributed by atoms with Crippen LogP contribution in [0.2, 0.25) is 0 Å². The topological polar surface area (TPSA) is 32.8 Å². The molecule has 6 heteroatoms. The zero-order chi connectivity index (χ0) is 19.0. The van der Waals surface area contributed by atoms with Crippen LogP contribution in [0.3, 0.4) is 0 Å². The Morgan fingerprint density at radius 3 is 2.67 bits per heavy atom. The van der Waals surface area contributed by atoms with Crippen LogP contribution in [0.25, 0.3) is 0 Å². The summed E-state index contributed by atoms with van der Waals surface area (Å²) in [4.78, 5) is 17.0. The number of halogens is 2. The minimum Gasteiger partial charge on any atom is -0.364 e. The van der Waals surface area contributed by atoms with Crippen LogP contribution < -0.4 is 0 Å². The first kappa shape index (κ1) is 18.8. The molecule has 0 N–H and O–H groups in total. The third-order valence-electron chi connectivity index (χ3n) is 6.40. The van der Waals surface area contributed by atoms with Gasteiger partial charge in [-0.15, -0.1) is 0 Å². The molecule has 0 aliphatic carbocycles. The number of hydrogen-bond acceptors (Lipinski definition) is 3. The molecule has 0 radical (unpaired) electrons. The molecule has 0 saturated carbocycles. The maximum Gasteiger partial charge on any atom is 0.251 e. The second-order valence-electron chi connectivity index (χ2n) is 8.44. The number of benzene rings is 1. The van der Waals surface area contributed by atoms with Gasteiger partial charge in [-0.1, -0.05) is 13.0 Å². The maximum atomic E-state index is 13.4. The van der Waals surface area contributed by atoms with Gasteiger partial charge in [-0.2, -0.15) is 0 Å². The molecule has 3 aliphatic heterocycles. The van der Waals surface area contributed by atoms with Gasteiger partial charge < -0.3 is 9.64 Å². The molecule has 3 heterocycles. The van der Waals surface area contributed by atoms with Crippen LogP contribution in [0.15, 0.2) is 18.2 Å². The van der Waals surface area contributed by atoms with Gasteiger partial charge in [-0.3, -0.25) is 9.69 Å². The summed E-state index contributed by atoms with van der Waals surface area (Å²) in [5, 5.41) is 0. The van der Waals surface area contributed by atoms with Crippen molar-refractivity contribution < 1.29 is 18.3 Å². The summed E-state index contributed by atoms with van der Waals surface area (Å²) in [7, 11) is 0. The predicted octanol–water partition coefficient (Wildman–Crippen LogP) is 3.20. The molecule has 1 aromatic carbocycles. The summed E-state index contributed by atoms with van der Waals surface area (Å²) >= 11 is 0. The second-order valence-corrected chi connectivity index (χ2v) is 8.44. The van der Waals surface area contributed by atoms with E-state index in [-0.39, 0.29) is 18.1 Å². The van der Waals surface area contributed by atoms with Crippen LogP contribution in [0, 0.1) is 23.5 Å². The number of piperidine rings is 2. The quantitative estimate of drug-likeness (QED) is 0.810. The van der Waals surface area contributed by atoms with E-state index in [0.29, 0.717) is 18.4 Å². The molecule has 148 valence electrons. The van der Waals surface area contributed by atoms with E-state index >= 15 is 0 Å². The van der Waals surface area contributed by atoms with E-state index < -0.39 is 11.6 Å². The summed E-state index contributed by atoms with van der Waals surface area (Å²) in [6.07, 6.45) is 3.70. The maximum absolute atomic E-state index is 13.4. The van der Waals surface area contributed by atoms with E-state index in [0.717, 1.165) is 57.4 Å². The number of carbonyl (C=O) groups excluding carboxylic acids is 1. The van der Waals surface area contributed by atoms with Gasteiger partial charge in [0.1, 0.15) is 6.10 Å². The molecule has 3 saturated heterocycles. The van der Waals surface area contributed by atoms with E-state index in [1.165, 1.54) is 12.1 Å². The van der Waals surface area contributed by atoms with Gasteiger partial charge in [0.25, 0.3) is 5.91 Å². The molecule has 0 aromatic heterocycles. The SMILES string of the molecule is CC1CCN(C(=O)[C@@H]2C[C@@H]3CCN(Cc4ccc(F)c(F)c4)C[C@H]3O2)CC1. The van der Waals surface area contributed by atoms with Crippen LogP contribution in [0.1, 0.15) is 38.2 Å². The van der Waals surface area contributed by atoms with E-state index in [9.17, 15) is 13.6 Å². The highest BCUT2D eigenvalue weighted by molar-refractivity contribution is 5.81. The Balaban J connectivity index is 1.32. The largest absolute Gasteiger partial charge is 0.364 e. The monoisotopic (exact) mass is 378 g/mol. The molecule has 4 nitrogen and oxygen atoms in total. The smallest absolute Gasteiger partial charge is 0.251 e. The molecule has 0 spiro atoms. The fourth-order valence-corrected chi connectivity index (χ4v) is 4.63. The molecule has 3 fully saturated rings. The first-order chi connectivity index (χ1) is 13.0. The number of likely N-dealkylation sites (tertiary alicyclic amines) is 2. The van der Waals surface area contributed by atoms with Crippen LogP contribution in [-0.2, 0) is 16.1 Å². The number of amides is 1. The number of hydrogen-bond donors (Lipinski definition) is 0. The van der Waals surface area contributed by atoms with Crippen LogP contribution >= 0.6 is 0 Å². The minimum atomic E-state index is -0.815. The van der Waals surface area contributed by atoms with Crippen molar-refractivity contribution in [3.63, 3.8) is 0 Å². The molecule has 3 aliphatic rings. The Bertz CT molecular complexity index is 691. The third-order valence-corrected chi connectivity index (χ3v) is 6.40. The fraction of sp³-hybridized carbons (Fsp3) is 0.667. The van der Waals surface area contributed by atoms with Crippen LogP contribution in [0.4, 0.5) is 8.78 Å². The number of rotatable bonds is 3. The number of fused-ring (bicyclic) bond motifs is 1. The van der Waals surface area contributed by atoms with Gasteiger partial charge in [0.2, 0.25) is 0 Å². The van der Waals surface area contributed by atoms with Crippen molar-refractivity contribution in [3.8, 4) is 0 Å². The number of ether oxygens (including phenoxy) is 1. The van der Waals surface area contributed by atoms with Crippen molar-refractivity contribution in [2.24, 2.45) is 11.8 Å². The van der Waals surface area contributed by atoms with Crippen molar-refractivity contribution in [3.05, 3.63) is 35.4 Å². The molecular formula is C21H28F2N2O2. The lowest BCUT2D eigenvalue weighted by atomic mass is 9.91. The zero-order valence-electron chi connectivity index (χ0n) is 15.9. The average Bonchev–Trinajstić information content (AvgIpc) is 3.08. The lowest BCUT2D eigenvalue weighted by Crippen LogP contribution is -2.44. The first-order valence-electron chi connectivity index (χ1n) is 10.1. The van der Waals surface area contributed by atoms with Crippen molar-refractivity contribution in [1.29, 1.82) is 0 Å². The number of nitrogens with zero attached hydrogens (tertiary/aromatic N) is 2. The normalized spacial score (nSPS) is 29.7. The van der Waals surface area contributed by atoms with Gasteiger partial charge in [-0.05, 0) is 61.8 Å². The van der Waals surface area contributed by atoms with Crippen molar-refractivity contribution in [2.75, 3.05) is 26.2 Å². The molecule has 4 rings (SSSR count). The molecule has 1 amide bonds. The van der Waals surface area contributed by atoms with E-state index in [1.807, 2.05) is 4.90 Å². The lowest BCUT2D eigenvalue weighted by molar-refractivity contribution is -0.145. The second kappa shape index (κ2) is 7.84.